The highest BCUT2D eigenvalue weighted by atomic mass is 16.2. The van der Waals surface area contributed by atoms with Crippen molar-refractivity contribution in [1.82, 2.24) is 0 Å². The monoisotopic (exact) mass is 426 g/mol. The van der Waals surface area contributed by atoms with Gasteiger partial charge < -0.3 is 5.11 Å². The van der Waals surface area contributed by atoms with Gasteiger partial charge in [-0.25, -0.2) is 0 Å². The van der Waals surface area contributed by atoms with Gasteiger partial charge >= 0.3 is 0 Å². The van der Waals surface area contributed by atoms with E-state index in [4.69, 9.17) is 0 Å². The summed E-state index contributed by atoms with van der Waals surface area (Å²) < 4.78 is 0. The Balaban J connectivity index is 1.56. The molecule has 0 bridgehead atoms. The highest BCUT2D eigenvalue weighted by molar-refractivity contribution is 5.98. The van der Waals surface area contributed by atoms with Crippen molar-refractivity contribution < 1.29 is 9.90 Å². The maximum atomic E-state index is 12.7. The summed E-state index contributed by atoms with van der Waals surface area (Å²) in [5.41, 5.74) is 2.98. The molecule has 2 nitrogen and oxygen atoms in total. The van der Waals surface area contributed by atoms with Crippen molar-refractivity contribution in [2.45, 2.75) is 99.3 Å². The SMILES string of the molecule is CC(C)CCC[C@@H](C)[C@H]1CC[C@H]2C3=CC[C@H]4[C@H](C)C(=O)/C(=C/O)C[C@]4(C)[C@H]3CC[C@]12C. The second-order valence-electron chi connectivity index (χ2n) is 12.7. The number of allylic oxidation sites excluding steroid dienone is 3. The van der Waals surface area contributed by atoms with Crippen LogP contribution in [-0.4, -0.2) is 10.9 Å². The molecular weight excluding hydrogens is 380 g/mol. The van der Waals surface area contributed by atoms with Gasteiger partial charge in [0.05, 0.1) is 6.26 Å². The highest BCUT2D eigenvalue weighted by Gasteiger charge is 2.59. The lowest BCUT2D eigenvalue weighted by molar-refractivity contribution is -0.128. The first kappa shape index (κ1) is 23.1. The molecule has 3 saturated carbocycles. The van der Waals surface area contributed by atoms with E-state index in [2.05, 4.69) is 47.6 Å². The van der Waals surface area contributed by atoms with Gasteiger partial charge in [-0.2, -0.15) is 0 Å². The fourth-order valence-electron chi connectivity index (χ4n) is 8.92. The number of rotatable bonds is 5. The van der Waals surface area contributed by atoms with Gasteiger partial charge in [-0.1, -0.05) is 72.5 Å². The Labute approximate surface area is 191 Å². The van der Waals surface area contributed by atoms with Crippen LogP contribution < -0.4 is 0 Å². The first-order valence-electron chi connectivity index (χ1n) is 13.2. The van der Waals surface area contributed by atoms with Crippen LogP contribution in [0.3, 0.4) is 0 Å². The van der Waals surface area contributed by atoms with Crippen LogP contribution in [0.1, 0.15) is 99.3 Å². The van der Waals surface area contributed by atoms with E-state index in [1.54, 1.807) is 5.57 Å². The van der Waals surface area contributed by atoms with Crippen molar-refractivity contribution in [2.75, 3.05) is 0 Å². The van der Waals surface area contributed by atoms with E-state index in [0.717, 1.165) is 42.8 Å². The standard InChI is InChI=1S/C29H46O2/c1-18(2)8-7-9-19(3)23-12-13-25-22-10-11-24-20(4)27(31)21(17-30)16-29(24,6)26(22)14-15-28(23,25)5/h10,17-20,23-26,30H,7-9,11-16H2,1-6H3/b21-17+/t19-,20+,23-,24+,25+,26+,28-,29+/m1/s1. The fourth-order valence-corrected chi connectivity index (χ4v) is 8.92. The van der Waals surface area contributed by atoms with Gasteiger partial charge in [0.1, 0.15) is 0 Å². The lowest BCUT2D eigenvalue weighted by atomic mass is 9.46. The minimum absolute atomic E-state index is 0.0283. The molecule has 0 aromatic heterocycles. The number of hydrogen-bond acceptors (Lipinski definition) is 2. The molecule has 8 atom stereocenters. The molecule has 0 aliphatic heterocycles. The largest absolute Gasteiger partial charge is 0.515 e. The molecule has 1 N–H and O–H groups in total. The van der Waals surface area contributed by atoms with Crippen LogP contribution in [-0.2, 0) is 4.79 Å². The summed E-state index contributed by atoms with van der Waals surface area (Å²) in [6.07, 6.45) is 15.0. The van der Waals surface area contributed by atoms with E-state index in [0.29, 0.717) is 22.8 Å². The van der Waals surface area contributed by atoms with Crippen molar-refractivity contribution >= 4 is 5.78 Å². The van der Waals surface area contributed by atoms with Gasteiger partial charge in [0.2, 0.25) is 0 Å². The normalized spacial score (nSPS) is 44.6. The molecule has 31 heavy (non-hydrogen) atoms. The number of aliphatic hydroxyl groups is 1. The lowest BCUT2D eigenvalue weighted by Gasteiger charge is -2.58. The fraction of sp³-hybridized carbons (Fsp3) is 0.828. The number of Topliss-reactive ketones (excluding diaryl/α,β-unsaturated/α-hetero) is 1. The van der Waals surface area contributed by atoms with E-state index < -0.39 is 0 Å². The minimum Gasteiger partial charge on any atom is -0.515 e. The summed E-state index contributed by atoms with van der Waals surface area (Å²) in [7, 11) is 0. The average molecular weight is 427 g/mol. The number of carbonyl (C=O) groups excluding carboxylic acids is 1. The Morgan fingerprint density at radius 2 is 1.81 bits per heavy atom. The van der Waals surface area contributed by atoms with E-state index in [1.807, 2.05) is 0 Å². The molecule has 0 amide bonds. The molecule has 0 heterocycles. The van der Waals surface area contributed by atoms with Gasteiger partial charge in [-0.3, -0.25) is 4.79 Å². The van der Waals surface area contributed by atoms with Gasteiger partial charge in [-0.05, 0) is 84.9 Å². The zero-order valence-electron chi connectivity index (χ0n) is 20.9. The van der Waals surface area contributed by atoms with Gasteiger partial charge in [0.15, 0.2) is 5.78 Å². The quantitative estimate of drug-likeness (QED) is 0.275. The molecule has 0 aromatic rings. The Bertz CT molecular complexity index is 761. The molecule has 3 fully saturated rings. The van der Waals surface area contributed by atoms with Crippen LogP contribution in [0.15, 0.2) is 23.5 Å². The van der Waals surface area contributed by atoms with Crippen LogP contribution in [0.4, 0.5) is 0 Å². The minimum atomic E-state index is 0.0283. The average Bonchev–Trinajstić information content (AvgIpc) is 3.07. The Morgan fingerprint density at radius 3 is 2.48 bits per heavy atom. The van der Waals surface area contributed by atoms with Crippen LogP contribution in [0.5, 0.6) is 0 Å². The molecule has 0 saturated heterocycles. The smallest absolute Gasteiger partial charge is 0.165 e. The first-order chi connectivity index (χ1) is 14.6. The van der Waals surface area contributed by atoms with Crippen molar-refractivity contribution in [2.24, 2.45) is 52.3 Å². The summed E-state index contributed by atoms with van der Waals surface area (Å²) in [5, 5.41) is 9.77. The third kappa shape index (κ3) is 3.65. The van der Waals surface area contributed by atoms with Crippen molar-refractivity contribution in [3.8, 4) is 0 Å². The number of fused-ring (bicyclic) bond motifs is 5. The zero-order valence-corrected chi connectivity index (χ0v) is 20.9. The topological polar surface area (TPSA) is 37.3 Å². The molecule has 4 aliphatic carbocycles. The number of hydrogen-bond donors (Lipinski definition) is 1. The zero-order chi connectivity index (χ0) is 22.6. The maximum absolute atomic E-state index is 12.7. The Hall–Kier alpha value is -1.05. The van der Waals surface area contributed by atoms with E-state index >= 15 is 0 Å². The molecule has 0 spiro atoms. The highest BCUT2D eigenvalue weighted by Crippen LogP contribution is 2.67. The molecule has 174 valence electrons. The molecule has 0 aromatic carbocycles. The van der Waals surface area contributed by atoms with E-state index in [9.17, 15) is 9.90 Å². The molecule has 0 unspecified atom stereocenters. The molecular formula is C29H46O2. The molecule has 4 rings (SSSR count). The number of aliphatic hydroxyl groups excluding tert-OH is 1. The summed E-state index contributed by atoms with van der Waals surface area (Å²) in [4.78, 5) is 12.7. The maximum Gasteiger partial charge on any atom is 0.165 e. The van der Waals surface area contributed by atoms with Crippen LogP contribution in [0.2, 0.25) is 0 Å². The van der Waals surface area contributed by atoms with Gasteiger partial charge in [-0.15, -0.1) is 0 Å². The summed E-state index contributed by atoms with van der Waals surface area (Å²) in [5.74, 6) is 4.46. The van der Waals surface area contributed by atoms with Crippen molar-refractivity contribution in [3.05, 3.63) is 23.5 Å². The predicted octanol–water partition coefficient (Wildman–Crippen LogP) is 7.89. The molecule has 0 radical (unpaired) electrons. The van der Waals surface area contributed by atoms with E-state index in [-0.39, 0.29) is 17.1 Å². The predicted molar refractivity (Wildman–Crippen MR) is 129 cm³/mol. The van der Waals surface area contributed by atoms with Crippen LogP contribution in [0.25, 0.3) is 0 Å². The summed E-state index contributed by atoms with van der Waals surface area (Å²) >= 11 is 0. The Morgan fingerprint density at radius 1 is 1.10 bits per heavy atom. The lowest BCUT2D eigenvalue weighted by Crippen LogP contribution is -2.52. The second-order valence-corrected chi connectivity index (χ2v) is 12.7. The van der Waals surface area contributed by atoms with Gasteiger partial charge in [0, 0.05) is 11.5 Å². The van der Waals surface area contributed by atoms with Crippen LogP contribution in [0, 0.1) is 52.3 Å². The number of carbonyl (C=O) groups is 1. The van der Waals surface area contributed by atoms with Crippen LogP contribution >= 0.6 is 0 Å². The first-order valence-corrected chi connectivity index (χ1v) is 13.2. The third-order valence-electron chi connectivity index (χ3n) is 10.6. The van der Waals surface area contributed by atoms with Crippen molar-refractivity contribution in [3.63, 3.8) is 0 Å². The van der Waals surface area contributed by atoms with Gasteiger partial charge in [0.25, 0.3) is 0 Å². The van der Waals surface area contributed by atoms with E-state index in [1.165, 1.54) is 44.9 Å². The number of ketones is 1. The molecule has 2 heteroatoms. The third-order valence-corrected chi connectivity index (χ3v) is 10.6. The van der Waals surface area contributed by atoms with Crippen molar-refractivity contribution in [1.29, 1.82) is 0 Å². The Kier molecular flexibility index (Phi) is 6.25. The second kappa shape index (κ2) is 8.38. The summed E-state index contributed by atoms with van der Waals surface area (Å²) in [6, 6.07) is 0. The summed E-state index contributed by atoms with van der Waals surface area (Å²) in [6.45, 7) is 14.4. The molecule has 4 aliphatic rings.